The summed E-state index contributed by atoms with van der Waals surface area (Å²) in [5.41, 5.74) is 0.508. The molecule has 13 heavy (non-hydrogen) atoms. The van der Waals surface area contributed by atoms with Gasteiger partial charge in [-0.15, -0.1) is 0 Å². The van der Waals surface area contributed by atoms with Crippen LogP contribution in [0.25, 0.3) is 0 Å². The number of H-pyrrole nitrogens is 1. The normalized spacial score (nSPS) is 14.5. The van der Waals surface area contributed by atoms with Crippen LogP contribution in [0.1, 0.15) is 11.5 Å². The van der Waals surface area contributed by atoms with E-state index in [4.69, 9.17) is 14.9 Å². The fourth-order valence-corrected chi connectivity index (χ4v) is 1.33. The molecule has 6 nitrogen and oxygen atoms in total. The van der Waals surface area contributed by atoms with Crippen molar-refractivity contribution < 1.29 is 19.5 Å². The molecule has 1 aromatic rings. The van der Waals surface area contributed by atoms with Crippen molar-refractivity contribution >= 4 is 7.60 Å². The first-order valence-electron chi connectivity index (χ1n) is 3.63. The van der Waals surface area contributed by atoms with Crippen LogP contribution in [-0.4, -0.2) is 30.7 Å². The van der Waals surface area contributed by atoms with E-state index < -0.39 is 13.4 Å². The Morgan fingerprint density at radius 3 is 2.69 bits per heavy atom. The van der Waals surface area contributed by atoms with Crippen molar-refractivity contribution in [1.82, 2.24) is 9.97 Å². The minimum Gasteiger partial charge on any atom is -0.380 e. The Balaban J connectivity index is 2.65. The number of nitrogens with one attached hydrogen (secondary N) is 1. The zero-order chi connectivity index (χ0) is 10.1. The molecule has 1 aromatic heterocycles. The first-order chi connectivity index (χ1) is 5.89. The highest BCUT2D eigenvalue weighted by atomic mass is 31.2. The topological polar surface area (TPSA) is 106 Å². The third-order valence-corrected chi connectivity index (χ3v) is 2.51. The first-order valence-corrected chi connectivity index (χ1v) is 5.31. The van der Waals surface area contributed by atoms with Crippen LogP contribution < -0.4 is 0 Å². The van der Waals surface area contributed by atoms with Gasteiger partial charge in [0.05, 0.1) is 0 Å². The standard InChI is InChI=1S/C6H11N2O4P/c1-4-7-3-5(8-4)2-6(9)13(10,11)12/h3,6,9H,2H2,1H3,(H,7,8)(H2,10,11,12). The monoisotopic (exact) mass is 206 g/mol. The van der Waals surface area contributed by atoms with Crippen LogP contribution in [0.5, 0.6) is 0 Å². The molecule has 0 bridgehead atoms. The average Bonchev–Trinajstić information content (AvgIpc) is 2.33. The van der Waals surface area contributed by atoms with Gasteiger partial charge < -0.3 is 19.9 Å². The molecule has 1 rings (SSSR count). The highest BCUT2D eigenvalue weighted by Gasteiger charge is 2.26. The summed E-state index contributed by atoms with van der Waals surface area (Å²) in [6.45, 7) is 1.72. The fraction of sp³-hybridized carbons (Fsp3) is 0.500. The number of aliphatic hydroxyl groups excluding tert-OH is 1. The van der Waals surface area contributed by atoms with Crippen LogP contribution in [0, 0.1) is 6.92 Å². The van der Waals surface area contributed by atoms with Gasteiger partial charge in [-0.05, 0) is 6.92 Å². The number of nitrogens with zero attached hydrogens (tertiary/aromatic N) is 1. The molecule has 0 aliphatic rings. The average molecular weight is 206 g/mol. The van der Waals surface area contributed by atoms with Crippen molar-refractivity contribution in [3.05, 3.63) is 17.7 Å². The van der Waals surface area contributed by atoms with E-state index in [9.17, 15) is 4.57 Å². The molecule has 4 N–H and O–H groups in total. The number of imidazole rings is 1. The Kier molecular flexibility index (Phi) is 2.87. The van der Waals surface area contributed by atoms with Crippen LogP contribution in [0.3, 0.4) is 0 Å². The lowest BCUT2D eigenvalue weighted by atomic mass is 10.3. The van der Waals surface area contributed by atoms with Gasteiger partial charge in [-0.25, -0.2) is 4.98 Å². The summed E-state index contributed by atoms with van der Waals surface area (Å²) in [6.07, 6.45) is 1.32. The van der Waals surface area contributed by atoms with Crippen molar-refractivity contribution in [2.75, 3.05) is 0 Å². The van der Waals surface area contributed by atoms with E-state index >= 15 is 0 Å². The van der Waals surface area contributed by atoms with E-state index in [2.05, 4.69) is 9.97 Å². The molecule has 1 unspecified atom stereocenters. The lowest BCUT2D eigenvalue weighted by Gasteiger charge is -2.10. The molecule has 0 aromatic carbocycles. The molecule has 1 heterocycles. The lowest BCUT2D eigenvalue weighted by molar-refractivity contribution is 0.201. The van der Waals surface area contributed by atoms with Crippen molar-refractivity contribution in [3.63, 3.8) is 0 Å². The number of aromatic nitrogens is 2. The second-order valence-electron chi connectivity index (χ2n) is 2.77. The van der Waals surface area contributed by atoms with E-state index in [1.807, 2.05) is 0 Å². The minimum atomic E-state index is -4.41. The Labute approximate surface area is 74.8 Å². The third-order valence-electron chi connectivity index (χ3n) is 1.55. The Morgan fingerprint density at radius 2 is 2.31 bits per heavy atom. The van der Waals surface area contributed by atoms with Gasteiger partial charge in [0.25, 0.3) is 0 Å². The number of aromatic amines is 1. The molecule has 0 spiro atoms. The molecular formula is C6H11N2O4P. The zero-order valence-corrected chi connectivity index (χ0v) is 7.90. The van der Waals surface area contributed by atoms with Crippen LogP contribution >= 0.6 is 7.60 Å². The van der Waals surface area contributed by atoms with Crippen molar-refractivity contribution in [2.45, 2.75) is 19.2 Å². The lowest BCUT2D eigenvalue weighted by Crippen LogP contribution is -2.10. The zero-order valence-electron chi connectivity index (χ0n) is 7.01. The summed E-state index contributed by atoms with van der Waals surface area (Å²) in [6, 6.07) is 0. The van der Waals surface area contributed by atoms with Gasteiger partial charge in [-0.1, -0.05) is 0 Å². The van der Waals surface area contributed by atoms with Gasteiger partial charge in [0.2, 0.25) is 0 Å². The van der Waals surface area contributed by atoms with E-state index in [1.165, 1.54) is 6.20 Å². The molecule has 0 fully saturated rings. The largest absolute Gasteiger partial charge is 0.380 e. The van der Waals surface area contributed by atoms with Gasteiger partial charge in [-0.2, -0.15) is 0 Å². The number of aryl methyl sites for hydroxylation is 1. The summed E-state index contributed by atoms with van der Waals surface area (Å²) in [7, 11) is -4.41. The molecular weight excluding hydrogens is 195 g/mol. The van der Waals surface area contributed by atoms with Gasteiger partial charge >= 0.3 is 7.60 Å². The summed E-state index contributed by atoms with van der Waals surface area (Å²) in [5, 5.41) is 9.04. The maximum Gasteiger partial charge on any atom is 0.354 e. The third kappa shape index (κ3) is 2.93. The van der Waals surface area contributed by atoms with Crippen molar-refractivity contribution in [2.24, 2.45) is 0 Å². The van der Waals surface area contributed by atoms with Crippen molar-refractivity contribution in [1.29, 1.82) is 0 Å². The summed E-state index contributed by atoms with van der Waals surface area (Å²) >= 11 is 0. The Bertz CT molecular complexity index is 331. The molecule has 0 saturated carbocycles. The number of rotatable bonds is 3. The van der Waals surface area contributed by atoms with Crippen LogP contribution in [-0.2, 0) is 11.0 Å². The van der Waals surface area contributed by atoms with Crippen LogP contribution in [0.15, 0.2) is 6.20 Å². The first kappa shape index (κ1) is 10.4. The van der Waals surface area contributed by atoms with Gasteiger partial charge in [0.15, 0.2) is 5.85 Å². The summed E-state index contributed by atoms with van der Waals surface area (Å²) in [5.74, 6) is -1.01. The Hall–Kier alpha value is -0.680. The molecule has 0 radical (unpaired) electrons. The molecule has 0 aliphatic heterocycles. The maximum absolute atomic E-state index is 10.6. The number of hydrogen-bond donors (Lipinski definition) is 4. The van der Waals surface area contributed by atoms with E-state index in [-0.39, 0.29) is 6.42 Å². The predicted molar refractivity (Wildman–Crippen MR) is 45.1 cm³/mol. The van der Waals surface area contributed by atoms with E-state index in [0.29, 0.717) is 11.5 Å². The second kappa shape index (κ2) is 3.59. The number of aliphatic hydroxyl groups is 1. The molecule has 0 saturated heterocycles. The summed E-state index contributed by atoms with van der Waals surface area (Å²) < 4.78 is 10.6. The van der Waals surface area contributed by atoms with E-state index in [1.54, 1.807) is 6.92 Å². The molecule has 1 atom stereocenters. The van der Waals surface area contributed by atoms with E-state index in [0.717, 1.165) is 0 Å². The maximum atomic E-state index is 10.6. The fourth-order valence-electron chi connectivity index (χ4n) is 0.891. The molecule has 74 valence electrons. The molecule has 7 heteroatoms. The SMILES string of the molecule is Cc1ncc(CC(O)P(=O)(O)O)[nH]1. The van der Waals surface area contributed by atoms with Crippen LogP contribution in [0.2, 0.25) is 0 Å². The molecule has 0 aliphatic carbocycles. The van der Waals surface area contributed by atoms with Gasteiger partial charge in [-0.3, -0.25) is 4.57 Å². The number of hydrogen-bond acceptors (Lipinski definition) is 3. The highest BCUT2D eigenvalue weighted by molar-refractivity contribution is 7.52. The van der Waals surface area contributed by atoms with Crippen LogP contribution in [0.4, 0.5) is 0 Å². The Morgan fingerprint density at radius 1 is 1.69 bits per heavy atom. The van der Waals surface area contributed by atoms with Crippen molar-refractivity contribution in [3.8, 4) is 0 Å². The predicted octanol–water partition coefficient (Wildman–Crippen LogP) is -0.243. The van der Waals surface area contributed by atoms with Gasteiger partial charge in [0, 0.05) is 18.3 Å². The minimum absolute atomic E-state index is 0.120. The second-order valence-corrected chi connectivity index (χ2v) is 4.54. The summed E-state index contributed by atoms with van der Waals surface area (Å²) in [4.78, 5) is 23.8. The highest BCUT2D eigenvalue weighted by Crippen LogP contribution is 2.40. The molecule has 0 amide bonds. The van der Waals surface area contributed by atoms with Gasteiger partial charge in [0.1, 0.15) is 5.82 Å². The smallest absolute Gasteiger partial charge is 0.354 e. The quantitative estimate of drug-likeness (QED) is 0.510.